The average molecular weight is 139 g/mol. The van der Waals surface area contributed by atoms with Crippen LogP contribution in [0.1, 0.15) is 26.7 Å². The Bertz CT molecular complexity index is 123. The van der Waals surface area contributed by atoms with Gasteiger partial charge in [0.25, 0.3) is 0 Å². The third-order valence-corrected chi connectivity index (χ3v) is 1.31. The Morgan fingerprint density at radius 3 is 2.60 bits per heavy atom. The van der Waals surface area contributed by atoms with Crippen molar-refractivity contribution >= 4 is 0 Å². The molecule has 10 heavy (non-hydrogen) atoms. The third kappa shape index (κ3) is 3.46. The molecule has 1 heteroatoms. The SMILES string of the molecule is CC.NCCC1=CC=CC1. The molecule has 0 bridgehead atoms. The molecule has 0 atom stereocenters. The number of rotatable bonds is 2. The molecule has 0 saturated carbocycles. The van der Waals surface area contributed by atoms with Crippen LogP contribution in [-0.4, -0.2) is 6.54 Å². The van der Waals surface area contributed by atoms with Crippen LogP contribution < -0.4 is 5.73 Å². The van der Waals surface area contributed by atoms with Gasteiger partial charge < -0.3 is 5.73 Å². The van der Waals surface area contributed by atoms with E-state index in [0.29, 0.717) is 0 Å². The highest BCUT2D eigenvalue weighted by Crippen LogP contribution is 2.12. The molecule has 58 valence electrons. The van der Waals surface area contributed by atoms with Crippen LogP contribution in [0.5, 0.6) is 0 Å². The standard InChI is InChI=1S/C7H11N.C2H6/c8-6-5-7-3-1-2-4-7;1-2/h1-3H,4-6,8H2;1-2H3. The van der Waals surface area contributed by atoms with Crippen LogP contribution in [0.4, 0.5) is 0 Å². The summed E-state index contributed by atoms with van der Waals surface area (Å²) in [4.78, 5) is 0. The molecule has 1 rings (SSSR count). The Balaban J connectivity index is 0.000000371. The van der Waals surface area contributed by atoms with E-state index in [2.05, 4.69) is 18.2 Å². The van der Waals surface area contributed by atoms with Gasteiger partial charge in [-0.15, -0.1) is 0 Å². The van der Waals surface area contributed by atoms with Gasteiger partial charge in [-0.1, -0.05) is 37.6 Å². The molecule has 2 N–H and O–H groups in total. The summed E-state index contributed by atoms with van der Waals surface area (Å²) in [6.45, 7) is 4.79. The summed E-state index contributed by atoms with van der Waals surface area (Å²) >= 11 is 0. The van der Waals surface area contributed by atoms with Crippen LogP contribution in [0, 0.1) is 0 Å². The Labute approximate surface area is 63.6 Å². The van der Waals surface area contributed by atoms with Crippen LogP contribution in [0.2, 0.25) is 0 Å². The van der Waals surface area contributed by atoms with Gasteiger partial charge in [-0.25, -0.2) is 0 Å². The van der Waals surface area contributed by atoms with Crippen molar-refractivity contribution in [3.05, 3.63) is 23.8 Å². The summed E-state index contributed by atoms with van der Waals surface area (Å²) in [6.07, 6.45) is 8.58. The minimum Gasteiger partial charge on any atom is -0.330 e. The van der Waals surface area contributed by atoms with Crippen molar-refractivity contribution in [3.8, 4) is 0 Å². The van der Waals surface area contributed by atoms with E-state index in [1.807, 2.05) is 13.8 Å². The largest absolute Gasteiger partial charge is 0.330 e. The Hall–Kier alpha value is -0.560. The van der Waals surface area contributed by atoms with Crippen LogP contribution in [0.15, 0.2) is 23.8 Å². The smallest absolute Gasteiger partial charge is 0.00397 e. The molecule has 0 aliphatic heterocycles. The first-order valence-corrected chi connectivity index (χ1v) is 3.98. The molecule has 0 aromatic carbocycles. The van der Waals surface area contributed by atoms with Crippen molar-refractivity contribution in [3.63, 3.8) is 0 Å². The monoisotopic (exact) mass is 139 g/mol. The van der Waals surface area contributed by atoms with Crippen molar-refractivity contribution in [1.29, 1.82) is 0 Å². The molecule has 0 saturated heterocycles. The molecule has 0 aromatic rings. The highest BCUT2D eigenvalue weighted by molar-refractivity contribution is 5.22. The molecular formula is C9H17N. The predicted molar refractivity (Wildman–Crippen MR) is 46.9 cm³/mol. The summed E-state index contributed by atoms with van der Waals surface area (Å²) in [7, 11) is 0. The second-order valence-corrected chi connectivity index (χ2v) is 2.00. The van der Waals surface area contributed by atoms with E-state index in [0.717, 1.165) is 19.4 Å². The van der Waals surface area contributed by atoms with Crippen molar-refractivity contribution in [2.24, 2.45) is 5.73 Å². The summed E-state index contributed by atoms with van der Waals surface area (Å²) < 4.78 is 0. The van der Waals surface area contributed by atoms with E-state index in [-0.39, 0.29) is 0 Å². The molecule has 1 aliphatic carbocycles. The molecule has 0 unspecified atom stereocenters. The topological polar surface area (TPSA) is 26.0 Å². The van der Waals surface area contributed by atoms with Gasteiger partial charge >= 0.3 is 0 Å². The normalized spacial score (nSPS) is 14.1. The van der Waals surface area contributed by atoms with E-state index in [1.165, 1.54) is 5.57 Å². The van der Waals surface area contributed by atoms with Crippen molar-refractivity contribution in [1.82, 2.24) is 0 Å². The van der Waals surface area contributed by atoms with Crippen LogP contribution in [0.3, 0.4) is 0 Å². The number of allylic oxidation sites excluding steroid dienone is 3. The van der Waals surface area contributed by atoms with Gasteiger partial charge in [0.1, 0.15) is 0 Å². The lowest BCUT2D eigenvalue weighted by Gasteiger charge is -1.93. The summed E-state index contributed by atoms with van der Waals surface area (Å²) in [6, 6.07) is 0. The lowest BCUT2D eigenvalue weighted by molar-refractivity contribution is 0.929. The minimum absolute atomic E-state index is 0.785. The Morgan fingerprint density at radius 2 is 2.20 bits per heavy atom. The maximum absolute atomic E-state index is 5.34. The average Bonchev–Trinajstić information content (AvgIpc) is 2.46. The predicted octanol–water partition coefficient (Wildman–Crippen LogP) is 2.25. The molecule has 1 nitrogen and oxygen atoms in total. The van der Waals surface area contributed by atoms with Crippen LogP contribution in [-0.2, 0) is 0 Å². The van der Waals surface area contributed by atoms with E-state index in [9.17, 15) is 0 Å². The maximum atomic E-state index is 5.34. The van der Waals surface area contributed by atoms with Crippen molar-refractivity contribution in [2.75, 3.05) is 6.54 Å². The van der Waals surface area contributed by atoms with Gasteiger partial charge in [-0.05, 0) is 19.4 Å². The zero-order valence-corrected chi connectivity index (χ0v) is 6.93. The van der Waals surface area contributed by atoms with Crippen LogP contribution in [0.25, 0.3) is 0 Å². The lowest BCUT2D eigenvalue weighted by atomic mass is 10.2. The number of hydrogen-bond acceptors (Lipinski definition) is 1. The molecular weight excluding hydrogens is 122 g/mol. The van der Waals surface area contributed by atoms with Crippen molar-refractivity contribution in [2.45, 2.75) is 26.7 Å². The Kier molecular flexibility index (Phi) is 6.19. The van der Waals surface area contributed by atoms with Gasteiger partial charge in [-0.3, -0.25) is 0 Å². The fourth-order valence-electron chi connectivity index (χ4n) is 0.862. The van der Waals surface area contributed by atoms with Gasteiger partial charge in [-0.2, -0.15) is 0 Å². The van der Waals surface area contributed by atoms with Crippen molar-refractivity contribution < 1.29 is 0 Å². The van der Waals surface area contributed by atoms with Gasteiger partial charge in [0.05, 0.1) is 0 Å². The zero-order valence-electron chi connectivity index (χ0n) is 6.93. The first kappa shape index (κ1) is 9.44. The molecule has 0 fully saturated rings. The quantitative estimate of drug-likeness (QED) is 0.624. The molecule has 0 aromatic heterocycles. The van der Waals surface area contributed by atoms with Crippen LogP contribution >= 0.6 is 0 Å². The molecule has 0 heterocycles. The first-order valence-electron chi connectivity index (χ1n) is 3.98. The molecule has 1 aliphatic rings. The summed E-state index contributed by atoms with van der Waals surface area (Å²) in [5, 5.41) is 0. The fourth-order valence-corrected chi connectivity index (χ4v) is 0.862. The molecule has 0 spiro atoms. The van der Waals surface area contributed by atoms with Gasteiger partial charge in [0.15, 0.2) is 0 Å². The van der Waals surface area contributed by atoms with E-state index in [4.69, 9.17) is 5.73 Å². The van der Waals surface area contributed by atoms with Gasteiger partial charge in [0, 0.05) is 0 Å². The second kappa shape index (κ2) is 6.56. The van der Waals surface area contributed by atoms with E-state index >= 15 is 0 Å². The fraction of sp³-hybridized carbons (Fsp3) is 0.556. The summed E-state index contributed by atoms with van der Waals surface area (Å²) in [5.74, 6) is 0. The minimum atomic E-state index is 0.785. The Morgan fingerprint density at radius 1 is 1.50 bits per heavy atom. The van der Waals surface area contributed by atoms with Gasteiger partial charge in [0.2, 0.25) is 0 Å². The third-order valence-electron chi connectivity index (χ3n) is 1.31. The number of nitrogens with two attached hydrogens (primary N) is 1. The zero-order chi connectivity index (χ0) is 7.82. The molecule has 0 amide bonds. The van der Waals surface area contributed by atoms with E-state index in [1.54, 1.807) is 0 Å². The number of hydrogen-bond donors (Lipinski definition) is 1. The first-order chi connectivity index (χ1) is 4.93. The highest BCUT2D eigenvalue weighted by Gasteiger charge is 1.94. The lowest BCUT2D eigenvalue weighted by Crippen LogP contribution is -1.98. The summed E-state index contributed by atoms with van der Waals surface area (Å²) in [5.41, 5.74) is 6.81. The molecule has 0 radical (unpaired) electrons. The second-order valence-electron chi connectivity index (χ2n) is 2.00. The maximum Gasteiger partial charge on any atom is -0.00397 e. The van der Waals surface area contributed by atoms with E-state index < -0.39 is 0 Å². The highest BCUT2D eigenvalue weighted by atomic mass is 14.5.